The van der Waals surface area contributed by atoms with Gasteiger partial charge in [0.2, 0.25) is 6.10 Å². The topological polar surface area (TPSA) is 70.8 Å². The number of ether oxygens (including phenoxy) is 3. The Kier molecular flexibility index (Phi) is 4.06. The summed E-state index contributed by atoms with van der Waals surface area (Å²) < 4.78 is 16.6. The smallest absolute Gasteiger partial charge is 0.262 e. The third kappa shape index (κ3) is 3.26. The molecule has 0 saturated heterocycles. The van der Waals surface area contributed by atoms with Crippen LogP contribution in [0.4, 0.5) is 0 Å². The number of nitrogens with two attached hydrogens (primary N) is 1. The average Bonchev–Trinajstić information content (AvgIpc) is 2.53. The van der Waals surface area contributed by atoms with Gasteiger partial charge in [-0.15, -0.1) is 0 Å². The fourth-order valence-electron chi connectivity index (χ4n) is 2.03. The van der Waals surface area contributed by atoms with Crippen molar-refractivity contribution in [2.75, 3.05) is 6.61 Å². The van der Waals surface area contributed by atoms with Crippen LogP contribution >= 0.6 is 11.6 Å². The number of amides is 1. The standard InChI is InChI=1S/C16H14ClNO4/c17-11-3-1-10(2-4-11)8-20-12-5-6-13-14(7-12)22-15(9-21-13)16(18)19/h1-7,15H,8-9H2,(H2,18,19)/t15-/m1/s1. The first kappa shape index (κ1) is 14.5. The maximum absolute atomic E-state index is 11.2. The van der Waals surface area contributed by atoms with Gasteiger partial charge in [0.1, 0.15) is 19.0 Å². The van der Waals surface area contributed by atoms with Gasteiger partial charge in [-0.2, -0.15) is 0 Å². The summed E-state index contributed by atoms with van der Waals surface area (Å²) in [5.74, 6) is 1.07. The molecule has 1 aliphatic rings. The molecule has 2 aromatic carbocycles. The molecule has 0 aliphatic carbocycles. The van der Waals surface area contributed by atoms with Gasteiger partial charge in [0.25, 0.3) is 5.91 Å². The van der Waals surface area contributed by atoms with Crippen LogP contribution in [0.25, 0.3) is 0 Å². The molecule has 0 aromatic heterocycles. The van der Waals surface area contributed by atoms with Crippen LogP contribution in [0.1, 0.15) is 5.56 Å². The lowest BCUT2D eigenvalue weighted by atomic mass is 10.2. The highest BCUT2D eigenvalue weighted by atomic mass is 35.5. The summed E-state index contributed by atoms with van der Waals surface area (Å²) >= 11 is 5.84. The van der Waals surface area contributed by atoms with Gasteiger partial charge in [-0.05, 0) is 29.8 Å². The zero-order valence-electron chi connectivity index (χ0n) is 11.6. The molecule has 22 heavy (non-hydrogen) atoms. The number of halogens is 1. The molecule has 114 valence electrons. The number of benzene rings is 2. The molecule has 1 heterocycles. The van der Waals surface area contributed by atoms with Gasteiger partial charge < -0.3 is 19.9 Å². The van der Waals surface area contributed by atoms with Gasteiger partial charge in [-0.1, -0.05) is 23.7 Å². The fourth-order valence-corrected chi connectivity index (χ4v) is 2.16. The minimum atomic E-state index is -0.779. The van der Waals surface area contributed by atoms with Crippen LogP contribution in [-0.2, 0) is 11.4 Å². The first-order valence-electron chi connectivity index (χ1n) is 6.72. The largest absolute Gasteiger partial charge is 0.489 e. The van der Waals surface area contributed by atoms with Gasteiger partial charge in [0.15, 0.2) is 11.5 Å². The minimum Gasteiger partial charge on any atom is -0.489 e. The van der Waals surface area contributed by atoms with E-state index in [0.29, 0.717) is 28.9 Å². The average molecular weight is 320 g/mol. The first-order chi connectivity index (χ1) is 10.6. The second-order valence-corrected chi connectivity index (χ2v) is 5.28. The molecule has 5 nitrogen and oxygen atoms in total. The third-order valence-corrected chi connectivity index (χ3v) is 3.46. The number of rotatable bonds is 4. The molecule has 0 saturated carbocycles. The van der Waals surface area contributed by atoms with Crippen molar-refractivity contribution >= 4 is 17.5 Å². The molecule has 0 spiro atoms. The molecule has 0 unspecified atom stereocenters. The maximum Gasteiger partial charge on any atom is 0.262 e. The highest BCUT2D eigenvalue weighted by Gasteiger charge is 2.25. The lowest BCUT2D eigenvalue weighted by Crippen LogP contribution is -2.40. The van der Waals surface area contributed by atoms with Gasteiger partial charge in [-0.25, -0.2) is 0 Å². The minimum absolute atomic E-state index is 0.118. The van der Waals surface area contributed by atoms with Crippen molar-refractivity contribution in [3.8, 4) is 17.2 Å². The number of hydrogen-bond donors (Lipinski definition) is 1. The van der Waals surface area contributed by atoms with E-state index >= 15 is 0 Å². The van der Waals surface area contributed by atoms with Crippen LogP contribution in [0, 0.1) is 0 Å². The Morgan fingerprint density at radius 1 is 1.23 bits per heavy atom. The van der Waals surface area contributed by atoms with E-state index in [1.165, 1.54) is 0 Å². The molecule has 2 N–H and O–H groups in total. The highest BCUT2D eigenvalue weighted by Crippen LogP contribution is 2.35. The molecule has 2 aromatic rings. The molecule has 1 atom stereocenters. The van der Waals surface area contributed by atoms with Crippen molar-refractivity contribution in [3.63, 3.8) is 0 Å². The molecule has 6 heteroatoms. The van der Waals surface area contributed by atoms with Crippen LogP contribution in [0.5, 0.6) is 17.2 Å². The molecular formula is C16H14ClNO4. The Morgan fingerprint density at radius 3 is 2.73 bits per heavy atom. The van der Waals surface area contributed by atoms with Crippen LogP contribution in [0.3, 0.4) is 0 Å². The first-order valence-corrected chi connectivity index (χ1v) is 7.10. The van der Waals surface area contributed by atoms with E-state index < -0.39 is 12.0 Å². The summed E-state index contributed by atoms with van der Waals surface area (Å²) in [6.45, 7) is 0.517. The summed E-state index contributed by atoms with van der Waals surface area (Å²) in [6, 6.07) is 12.6. The number of fused-ring (bicyclic) bond motifs is 1. The Bertz CT molecular complexity index is 687. The summed E-state index contributed by atoms with van der Waals surface area (Å²) in [4.78, 5) is 11.2. The molecule has 1 aliphatic heterocycles. The summed E-state index contributed by atoms with van der Waals surface area (Å²) in [5, 5.41) is 0.681. The third-order valence-electron chi connectivity index (χ3n) is 3.21. The van der Waals surface area contributed by atoms with E-state index in [-0.39, 0.29) is 6.61 Å². The van der Waals surface area contributed by atoms with E-state index in [1.807, 2.05) is 24.3 Å². The summed E-state index contributed by atoms with van der Waals surface area (Å²) in [6.07, 6.45) is -0.779. The number of primary amides is 1. The zero-order chi connectivity index (χ0) is 15.5. The van der Waals surface area contributed by atoms with Crippen LogP contribution in [-0.4, -0.2) is 18.6 Å². The van der Waals surface area contributed by atoms with E-state index in [1.54, 1.807) is 18.2 Å². The van der Waals surface area contributed by atoms with E-state index in [0.717, 1.165) is 5.56 Å². The SMILES string of the molecule is NC(=O)[C@H]1COc2ccc(OCc3ccc(Cl)cc3)cc2O1. The van der Waals surface area contributed by atoms with Crippen molar-refractivity contribution in [2.45, 2.75) is 12.7 Å². The van der Waals surface area contributed by atoms with Crippen molar-refractivity contribution in [1.82, 2.24) is 0 Å². The molecule has 0 bridgehead atoms. The molecule has 3 rings (SSSR count). The Hall–Kier alpha value is -2.40. The van der Waals surface area contributed by atoms with Gasteiger partial charge in [0, 0.05) is 11.1 Å². The second-order valence-electron chi connectivity index (χ2n) is 4.84. The Balaban J connectivity index is 1.69. The normalized spacial score (nSPS) is 16.1. The lowest BCUT2D eigenvalue weighted by Gasteiger charge is -2.24. The molecule has 0 fully saturated rings. The number of carbonyl (C=O) groups is 1. The number of carbonyl (C=O) groups excluding carboxylic acids is 1. The van der Waals surface area contributed by atoms with Crippen LogP contribution in [0.2, 0.25) is 5.02 Å². The predicted octanol–water partition coefficient (Wildman–Crippen LogP) is 2.54. The van der Waals surface area contributed by atoms with Gasteiger partial charge in [0.05, 0.1) is 0 Å². The Morgan fingerprint density at radius 2 is 2.00 bits per heavy atom. The Labute approximate surface area is 132 Å². The maximum atomic E-state index is 11.2. The van der Waals surface area contributed by atoms with Crippen LogP contribution in [0.15, 0.2) is 42.5 Å². The summed E-state index contributed by atoms with van der Waals surface area (Å²) in [5.41, 5.74) is 6.22. The fraction of sp³-hybridized carbons (Fsp3) is 0.188. The van der Waals surface area contributed by atoms with E-state index in [2.05, 4.69) is 0 Å². The molecule has 1 amide bonds. The lowest BCUT2D eigenvalue weighted by molar-refractivity contribution is -0.127. The van der Waals surface area contributed by atoms with Crippen LogP contribution < -0.4 is 19.9 Å². The monoisotopic (exact) mass is 319 g/mol. The molecular weight excluding hydrogens is 306 g/mol. The van der Waals surface area contributed by atoms with E-state index in [9.17, 15) is 4.79 Å². The number of hydrogen-bond acceptors (Lipinski definition) is 4. The predicted molar refractivity (Wildman–Crippen MR) is 81.3 cm³/mol. The highest BCUT2D eigenvalue weighted by molar-refractivity contribution is 6.30. The second kappa shape index (κ2) is 6.15. The van der Waals surface area contributed by atoms with Gasteiger partial charge in [-0.3, -0.25) is 4.79 Å². The van der Waals surface area contributed by atoms with Crippen molar-refractivity contribution in [2.24, 2.45) is 5.73 Å². The molecule has 0 radical (unpaired) electrons. The quantitative estimate of drug-likeness (QED) is 0.940. The van der Waals surface area contributed by atoms with E-state index in [4.69, 9.17) is 31.5 Å². The van der Waals surface area contributed by atoms with Crippen molar-refractivity contribution in [3.05, 3.63) is 53.1 Å². The van der Waals surface area contributed by atoms with Gasteiger partial charge >= 0.3 is 0 Å². The summed E-state index contributed by atoms with van der Waals surface area (Å²) in [7, 11) is 0. The zero-order valence-corrected chi connectivity index (χ0v) is 12.4. The van der Waals surface area contributed by atoms with Crippen molar-refractivity contribution < 1.29 is 19.0 Å². The van der Waals surface area contributed by atoms with Crippen molar-refractivity contribution in [1.29, 1.82) is 0 Å².